The summed E-state index contributed by atoms with van der Waals surface area (Å²) in [5, 5.41) is 7.19. The summed E-state index contributed by atoms with van der Waals surface area (Å²) < 4.78 is 6.23. The van der Waals surface area contributed by atoms with E-state index in [1.165, 1.54) is 54.9 Å². The van der Waals surface area contributed by atoms with Gasteiger partial charge in [0.1, 0.15) is 11.2 Å². The Labute approximate surface area is 285 Å². The lowest BCUT2D eigenvalue weighted by atomic mass is 9.82. The highest BCUT2D eigenvalue weighted by atomic mass is 16.3. The fourth-order valence-corrected chi connectivity index (χ4v) is 8.07. The predicted molar refractivity (Wildman–Crippen MR) is 206 cm³/mol. The molecule has 1 heterocycles. The van der Waals surface area contributed by atoms with E-state index in [9.17, 15) is 0 Å². The molecule has 0 bridgehead atoms. The average molecular weight is 628 g/mol. The lowest BCUT2D eigenvalue weighted by Crippen LogP contribution is -2.15. The molecule has 0 aliphatic heterocycles. The van der Waals surface area contributed by atoms with Gasteiger partial charge in [0.2, 0.25) is 0 Å². The van der Waals surface area contributed by atoms with E-state index in [0.717, 1.165) is 39.0 Å². The van der Waals surface area contributed by atoms with Crippen molar-refractivity contribution in [2.45, 2.75) is 19.3 Å². The first-order valence-electron chi connectivity index (χ1n) is 17.0. The molecule has 0 spiro atoms. The quantitative estimate of drug-likeness (QED) is 0.193. The van der Waals surface area contributed by atoms with Gasteiger partial charge in [-0.05, 0) is 116 Å². The van der Waals surface area contributed by atoms with Crippen LogP contribution >= 0.6 is 0 Å². The summed E-state index contributed by atoms with van der Waals surface area (Å²) in [6.07, 6.45) is 0. The van der Waals surface area contributed by atoms with Crippen LogP contribution in [0.15, 0.2) is 168 Å². The minimum absolute atomic E-state index is 0.0460. The Hall–Kier alpha value is -6.12. The van der Waals surface area contributed by atoms with Gasteiger partial charge in [0.05, 0.1) is 0 Å². The smallest absolute Gasteiger partial charge is 0.135 e. The molecule has 2 heteroatoms. The monoisotopic (exact) mass is 627 g/mol. The van der Waals surface area contributed by atoms with Crippen molar-refractivity contribution in [1.82, 2.24) is 0 Å². The van der Waals surface area contributed by atoms with Crippen molar-refractivity contribution in [2.75, 3.05) is 4.90 Å². The highest BCUT2D eigenvalue weighted by molar-refractivity contribution is 6.07. The summed E-state index contributed by atoms with van der Waals surface area (Å²) >= 11 is 0. The summed E-state index contributed by atoms with van der Waals surface area (Å²) in [5.41, 5.74) is 12.9. The number of nitrogens with zero attached hydrogens (tertiary/aromatic N) is 1. The second-order valence-corrected chi connectivity index (χ2v) is 13.8. The summed E-state index contributed by atoms with van der Waals surface area (Å²) in [6.45, 7) is 4.67. The van der Waals surface area contributed by atoms with Crippen molar-refractivity contribution >= 4 is 60.5 Å². The molecule has 10 rings (SSSR count). The minimum Gasteiger partial charge on any atom is -0.456 e. The molecule has 9 aromatic rings. The van der Waals surface area contributed by atoms with E-state index in [1.54, 1.807) is 0 Å². The van der Waals surface area contributed by atoms with Crippen LogP contribution in [0.1, 0.15) is 25.0 Å². The Balaban J connectivity index is 1.14. The van der Waals surface area contributed by atoms with Crippen molar-refractivity contribution in [1.29, 1.82) is 0 Å². The summed E-state index contributed by atoms with van der Waals surface area (Å²) in [4.78, 5) is 2.39. The van der Waals surface area contributed by atoms with Gasteiger partial charge < -0.3 is 9.32 Å². The van der Waals surface area contributed by atoms with Crippen LogP contribution in [0.4, 0.5) is 17.1 Å². The molecule has 1 aromatic heterocycles. The van der Waals surface area contributed by atoms with E-state index >= 15 is 0 Å². The minimum atomic E-state index is -0.0460. The molecule has 0 saturated heterocycles. The maximum Gasteiger partial charge on any atom is 0.135 e. The molecular formula is C47H33NO. The van der Waals surface area contributed by atoms with Gasteiger partial charge >= 0.3 is 0 Å². The van der Waals surface area contributed by atoms with Crippen molar-refractivity contribution in [3.63, 3.8) is 0 Å². The van der Waals surface area contributed by atoms with Gasteiger partial charge in [0.25, 0.3) is 0 Å². The third-order valence-electron chi connectivity index (χ3n) is 10.6. The first-order valence-corrected chi connectivity index (χ1v) is 17.0. The summed E-state index contributed by atoms with van der Waals surface area (Å²) in [7, 11) is 0. The molecule has 0 amide bonds. The van der Waals surface area contributed by atoms with Crippen LogP contribution in [0.25, 0.3) is 65.7 Å². The molecule has 0 saturated carbocycles. The van der Waals surface area contributed by atoms with Gasteiger partial charge in [-0.1, -0.05) is 117 Å². The van der Waals surface area contributed by atoms with Gasteiger partial charge in [-0.25, -0.2) is 0 Å². The predicted octanol–water partition coefficient (Wildman–Crippen LogP) is 13.3. The van der Waals surface area contributed by atoms with Crippen LogP contribution in [-0.2, 0) is 5.41 Å². The fourth-order valence-electron chi connectivity index (χ4n) is 8.07. The molecule has 0 N–H and O–H groups in total. The Kier molecular flexibility index (Phi) is 5.95. The molecule has 0 fully saturated rings. The van der Waals surface area contributed by atoms with Crippen LogP contribution in [0, 0.1) is 0 Å². The first kappa shape index (κ1) is 27.9. The van der Waals surface area contributed by atoms with Gasteiger partial charge in [-0.15, -0.1) is 0 Å². The molecule has 1 aliphatic carbocycles. The Bertz CT molecular complexity index is 2770. The van der Waals surface area contributed by atoms with Crippen LogP contribution in [0.5, 0.6) is 0 Å². The van der Waals surface area contributed by atoms with Crippen molar-refractivity contribution < 1.29 is 4.42 Å². The number of anilines is 3. The molecule has 1 aliphatic rings. The Morgan fingerprint density at radius 3 is 1.86 bits per heavy atom. The highest BCUT2D eigenvalue weighted by Gasteiger charge is 2.35. The van der Waals surface area contributed by atoms with E-state index in [1.807, 2.05) is 12.1 Å². The zero-order valence-electron chi connectivity index (χ0n) is 27.4. The summed E-state index contributed by atoms with van der Waals surface area (Å²) in [5.74, 6) is 0. The van der Waals surface area contributed by atoms with E-state index in [2.05, 4.69) is 170 Å². The van der Waals surface area contributed by atoms with Gasteiger partial charge in [0.15, 0.2) is 0 Å². The van der Waals surface area contributed by atoms with E-state index in [0.29, 0.717) is 0 Å². The highest BCUT2D eigenvalue weighted by Crippen LogP contribution is 2.51. The second kappa shape index (κ2) is 10.4. The lowest BCUT2D eigenvalue weighted by molar-refractivity contribution is 0.660. The third-order valence-corrected chi connectivity index (χ3v) is 10.6. The maximum absolute atomic E-state index is 6.23. The van der Waals surface area contributed by atoms with Crippen molar-refractivity contribution in [3.05, 3.63) is 175 Å². The zero-order chi connectivity index (χ0) is 32.7. The van der Waals surface area contributed by atoms with Crippen LogP contribution in [0.3, 0.4) is 0 Å². The van der Waals surface area contributed by atoms with Crippen LogP contribution in [-0.4, -0.2) is 0 Å². The number of para-hydroxylation sites is 1. The standard InChI is InChI=1S/C47H33NO/c1-47(2)43-13-7-5-11-39(43)41-28-37(21-23-44(41)47)48(38-22-24-46-42(29-38)40-12-6-8-14-45(40)49-46)36-20-19-34-26-33(17-18-35(34)27-36)32-16-15-30-9-3-4-10-31(30)25-32/h3-29H,1-2H3. The van der Waals surface area contributed by atoms with Crippen molar-refractivity contribution in [3.8, 4) is 22.3 Å². The largest absolute Gasteiger partial charge is 0.456 e. The average Bonchev–Trinajstić information content (AvgIpc) is 3.63. The number of fused-ring (bicyclic) bond motifs is 8. The van der Waals surface area contributed by atoms with E-state index in [4.69, 9.17) is 4.42 Å². The molecule has 8 aromatic carbocycles. The lowest BCUT2D eigenvalue weighted by Gasteiger charge is -2.27. The number of furan rings is 1. The fraction of sp³-hybridized carbons (Fsp3) is 0.0638. The number of rotatable bonds is 4. The normalized spacial score (nSPS) is 13.3. The van der Waals surface area contributed by atoms with Gasteiger partial charge in [-0.2, -0.15) is 0 Å². The van der Waals surface area contributed by atoms with Gasteiger partial charge in [0, 0.05) is 33.2 Å². The van der Waals surface area contributed by atoms with Crippen LogP contribution in [0.2, 0.25) is 0 Å². The van der Waals surface area contributed by atoms with Crippen LogP contribution < -0.4 is 4.90 Å². The molecule has 0 unspecified atom stereocenters. The van der Waals surface area contributed by atoms with Gasteiger partial charge in [-0.3, -0.25) is 0 Å². The number of benzene rings is 8. The third kappa shape index (κ3) is 4.34. The molecule has 2 nitrogen and oxygen atoms in total. The van der Waals surface area contributed by atoms with Crippen molar-refractivity contribution in [2.24, 2.45) is 0 Å². The van der Waals surface area contributed by atoms with E-state index in [-0.39, 0.29) is 5.41 Å². The number of hydrogen-bond donors (Lipinski definition) is 0. The molecule has 0 atom stereocenters. The molecule has 0 radical (unpaired) electrons. The molecule has 232 valence electrons. The zero-order valence-corrected chi connectivity index (χ0v) is 27.4. The number of hydrogen-bond acceptors (Lipinski definition) is 2. The SMILES string of the molecule is CC1(C)c2ccccc2-c2cc(N(c3ccc4cc(-c5ccc6ccccc6c5)ccc4c3)c3ccc4oc5ccccc5c4c3)ccc21. The maximum atomic E-state index is 6.23. The first-order chi connectivity index (χ1) is 24.0. The second-order valence-electron chi connectivity index (χ2n) is 13.8. The molecule has 49 heavy (non-hydrogen) atoms. The molecular weight excluding hydrogens is 595 g/mol. The Morgan fingerprint density at radius 1 is 0.408 bits per heavy atom. The topological polar surface area (TPSA) is 16.4 Å². The van der Waals surface area contributed by atoms with E-state index < -0.39 is 0 Å². The summed E-state index contributed by atoms with van der Waals surface area (Å²) in [6, 6.07) is 59.7. The Morgan fingerprint density at radius 2 is 0.980 bits per heavy atom.